The topological polar surface area (TPSA) is 78.9 Å². The summed E-state index contributed by atoms with van der Waals surface area (Å²) in [5, 5.41) is 0. The van der Waals surface area contributed by atoms with Crippen LogP contribution >= 0.6 is 0 Å². The van der Waals surface area contributed by atoms with Crippen molar-refractivity contribution in [3.05, 3.63) is 0 Å². The number of unbranched alkanes of at least 4 members (excludes halogenated alkanes) is 42. The van der Waals surface area contributed by atoms with Crippen LogP contribution in [-0.2, 0) is 28.6 Å². The van der Waals surface area contributed by atoms with Gasteiger partial charge in [-0.2, -0.15) is 0 Å². The van der Waals surface area contributed by atoms with Gasteiger partial charge in [-0.25, -0.2) is 0 Å². The molecule has 0 spiro atoms. The number of ether oxygens (including phenoxy) is 3. The molecule has 0 bridgehead atoms. The third-order valence-electron chi connectivity index (χ3n) is 13.1. The first-order chi connectivity index (χ1) is 31.0. The molecule has 0 aromatic carbocycles. The van der Waals surface area contributed by atoms with Crippen LogP contribution in [-0.4, -0.2) is 37.2 Å². The number of hydrogen-bond acceptors (Lipinski definition) is 6. The Labute approximate surface area is 393 Å². The SMILES string of the molecule is CCCCCCCCCCCCCCCCCCCCC(=O)O[C@H](COC(=O)CCCCCCCCCCCCCC)COC(=O)CCCCCCCCCCCCCCCCC. The van der Waals surface area contributed by atoms with E-state index in [9.17, 15) is 14.4 Å². The molecule has 0 amide bonds. The lowest BCUT2D eigenvalue weighted by molar-refractivity contribution is -0.167. The average molecular weight is 892 g/mol. The highest BCUT2D eigenvalue weighted by atomic mass is 16.6. The maximum Gasteiger partial charge on any atom is 0.306 e. The molecule has 0 aromatic rings. The van der Waals surface area contributed by atoms with Gasteiger partial charge >= 0.3 is 17.9 Å². The molecule has 0 aliphatic rings. The zero-order valence-corrected chi connectivity index (χ0v) is 42.9. The predicted octanol–water partition coefficient (Wildman–Crippen LogP) is 18.8. The molecule has 0 N–H and O–H groups in total. The summed E-state index contributed by atoms with van der Waals surface area (Å²) < 4.78 is 16.9. The van der Waals surface area contributed by atoms with Crippen LogP contribution in [0.5, 0.6) is 0 Å². The highest BCUT2D eigenvalue weighted by molar-refractivity contribution is 5.71. The standard InChI is InChI=1S/C57H110O6/c1-4-7-10-13-16-19-22-25-27-28-29-31-33-36-39-42-45-48-51-57(60)63-54(52-61-55(58)49-46-43-40-37-34-24-21-18-15-12-9-6-3)53-62-56(59)50-47-44-41-38-35-32-30-26-23-20-17-14-11-8-5-2/h54H,4-53H2,1-3H3/t54-/m1/s1. The molecule has 0 heterocycles. The Morgan fingerprint density at radius 2 is 0.429 bits per heavy atom. The number of hydrogen-bond donors (Lipinski definition) is 0. The Morgan fingerprint density at radius 1 is 0.254 bits per heavy atom. The number of esters is 3. The molecular weight excluding hydrogens is 781 g/mol. The first-order valence-electron chi connectivity index (χ1n) is 28.5. The Hall–Kier alpha value is -1.59. The third kappa shape index (κ3) is 51.3. The minimum absolute atomic E-state index is 0.0612. The van der Waals surface area contributed by atoms with Gasteiger partial charge in [0.15, 0.2) is 6.10 Å². The van der Waals surface area contributed by atoms with Gasteiger partial charge in [0.2, 0.25) is 0 Å². The second kappa shape index (κ2) is 53.0. The van der Waals surface area contributed by atoms with E-state index in [1.54, 1.807) is 0 Å². The Balaban J connectivity index is 4.27. The summed E-state index contributed by atoms with van der Waals surface area (Å²) in [5.41, 5.74) is 0. The molecule has 1 atom stereocenters. The lowest BCUT2D eigenvalue weighted by Gasteiger charge is -2.18. The summed E-state index contributed by atoms with van der Waals surface area (Å²) in [6.07, 6.45) is 58.0. The molecule has 0 aliphatic carbocycles. The van der Waals surface area contributed by atoms with Gasteiger partial charge in [0, 0.05) is 19.3 Å². The van der Waals surface area contributed by atoms with E-state index in [1.165, 1.54) is 231 Å². The summed E-state index contributed by atoms with van der Waals surface area (Å²) in [7, 11) is 0. The minimum atomic E-state index is -0.760. The summed E-state index contributed by atoms with van der Waals surface area (Å²) in [6, 6.07) is 0. The van der Waals surface area contributed by atoms with Crippen LogP contribution in [0.2, 0.25) is 0 Å². The van der Waals surface area contributed by atoms with Crippen LogP contribution in [0, 0.1) is 0 Å². The molecule has 6 heteroatoms. The zero-order valence-electron chi connectivity index (χ0n) is 42.9. The first kappa shape index (κ1) is 61.4. The van der Waals surface area contributed by atoms with Gasteiger partial charge in [-0.3, -0.25) is 14.4 Å². The summed E-state index contributed by atoms with van der Waals surface area (Å²) in [6.45, 7) is 6.70. The average Bonchev–Trinajstić information content (AvgIpc) is 3.28. The molecule has 0 fully saturated rings. The lowest BCUT2D eigenvalue weighted by atomic mass is 10.0. The maximum absolute atomic E-state index is 12.8. The Morgan fingerprint density at radius 3 is 0.635 bits per heavy atom. The molecule has 0 rings (SSSR count). The minimum Gasteiger partial charge on any atom is -0.462 e. The van der Waals surface area contributed by atoms with Gasteiger partial charge in [-0.15, -0.1) is 0 Å². The first-order valence-corrected chi connectivity index (χ1v) is 28.5. The highest BCUT2D eigenvalue weighted by Gasteiger charge is 2.19. The predicted molar refractivity (Wildman–Crippen MR) is 270 cm³/mol. The van der Waals surface area contributed by atoms with E-state index in [4.69, 9.17) is 14.2 Å². The lowest BCUT2D eigenvalue weighted by Crippen LogP contribution is -2.30. The quantitative estimate of drug-likeness (QED) is 0.0344. The van der Waals surface area contributed by atoms with E-state index in [0.29, 0.717) is 19.3 Å². The van der Waals surface area contributed by atoms with Gasteiger partial charge in [0.25, 0.3) is 0 Å². The van der Waals surface area contributed by atoms with Crippen molar-refractivity contribution in [2.45, 2.75) is 335 Å². The van der Waals surface area contributed by atoms with Gasteiger partial charge in [-0.1, -0.05) is 290 Å². The second-order valence-electron chi connectivity index (χ2n) is 19.6. The third-order valence-corrected chi connectivity index (χ3v) is 13.1. The fourth-order valence-corrected chi connectivity index (χ4v) is 8.80. The maximum atomic E-state index is 12.8. The van der Waals surface area contributed by atoms with E-state index in [2.05, 4.69) is 20.8 Å². The molecule has 0 saturated heterocycles. The van der Waals surface area contributed by atoms with Crippen LogP contribution in [0.25, 0.3) is 0 Å². The van der Waals surface area contributed by atoms with Crippen molar-refractivity contribution in [1.29, 1.82) is 0 Å². The summed E-state index contributed by atoms with van der Waals surface area (Å²) >= 11 is 0. The molecule has 6 nitrogen and oxygen atoms in total. The molecule has 63 heavy (non-hydrogen) atoms. The normalized spacial score (nSPS) is 11.9. The van der Waals surface area contributed by atoms with E-state index >= 15 is 0 Å². The summed E-state index contributed by atoms with van der Waals surface area (Å²) in [5.74, 6) is -0.834. The van der Waals surface area contributed by atoms with Crippen molar-refractivity contribution in [2.24, 2.45) is 0 Å². The van der Waals surface area contributed by atoms with E-state index in [1.807, 2.05) is 0 Å². The number of rotatable bonds is 53. The van der Waals surface area contributed by atoms with Crippen LogP contribution < -0.4 is 0 Å². The van der Waals surface area contributed by atoms with Crippen molar-refractivity contribution < 1.29 is 28.6 Å². The van der Waals surface area contributed by atoms with Crippen molar-refractivity contribution in [3.63, 3.8) is 0 Å². The van der Waals surface area contributed by atoms with Crippen LogP contribution in [0.3, 0.4) is 0 Å². The number of carbonyl (C=O) groups is 3. The highest BCUT2D eigenvalue weighted by Crippen LogP contribution is 2.18. The molecule has 0 aliphatic heterocycles. The van der Waals surface area contributed by atoms with Gasteiger partial charge in [0.1, 0.15) is 13.2 Å². The molecule has 0 saturated carbocycles. The fraction of sp³-hybridized carbons (Fsp3) is 0.947. The van der Waals surface area contributed by atoms with E-state index in [-0.39, 0.29) is 31.1 Å². The fourth-order valence-electron chi connectivity index (χ4n) is 8.80. The van der Waals surface area contributed by atoms with Crippen LogP contribution in [0.4, 0.5) is 0 Å². The summed E-state index contributed by atoms with van der Waals surface area (Å²) in [4.78, 5) is 38.1. The molecule has 374 valence electrons. The van der Waals surface area contributed by atoms with Gasteiger partial charge < -0.3 is 14.2 Å². The van der Waals surface area contributed by atoms with Crippen LogP contribution in [0.15, 0.2) is 0 Å². The van der Waals surface area contributed by atoms with Gasteiger partial charge in [-0.05, 0) is 19.3 Å². The van der Waals surface area contributed by atoms with Crippen molar-refractivity contribution >= 4 is 17.9 Å². The largest absolute Gasteiger partial charge is 0.462 e. The van der Waals surface area contributed by atoms with Crippen molar-refractivity contribution in [3.8, 4) is 0 Å². The molecule has 0 radical (unpaired) electrons. The second-order valence-corrected chi connectivity index (χ2v) is 19.6. The Bertz CT molecular complexity index is 936. The molecule has 0 unspecified atom stereocenters. The van der Waals surface area contributed by atoms with E-state index in [0.717, 1.165) is 57.8 Å². The molecular formula is C57H110O6. The van der Waals surface area contributed by atoms with Crippen LogP contribution in [0.1, 0.15) is 329 Å². The Kier molecular flexibility index (Phi) is 51.7. The number of carbonyl (C=O) groups excluding carboxylic acids is 3. The molecule has 0 aromatic heterocycles. The smallest absolute Gasteiger partial charge is 0.306 e. The van der Waals surface area contributed by atoms with E-state index < -0.39 is 6.10 Å². The van der Waals surface area contributed by atoms with Crippen molar-refractivity contribution in [2.75, 3.05) is 13.2 Å². The van der Waals surface area contributed by atoms with Gasteiger partial charge in [0.05, 0.1) is 0 Å². The zero-order chi connectivity index (χ0) is 45.8. The van der Waals surface area contributed by atoms with Crippen molar-refractivity contribution in [1.82, 2.24) is 0 Å². The monoisotopic (exact) mass is 891 g/mol.